The van der Waals surface area contributed by atoms with Crippen LogP contribution in [0.25, 0.3) is 0 Å². The van der Waals surface area contributed by atoms with E-state index in [9.17, 15) is 0 Å². The van der Waals surface area contributed by atoms with Gasteiger partial charge in [-0.3, -0.25) is 4.99 Å². The van der Waals surface area contributed by atoms with Crippen LogP contribution in [0.5, 0.6) is 0 Å². The molecule has 0 fully saturated rings. The number of hydrogen-bond donors (Lipinski definition) is 2. The summed E-state index contributed by atoms with van der Waals surface area (Å²) in [7, 11) is 0. The second kappa shape index (κ2) is 5.57. The van der Waals surface area contributed by atoms with Gasteiger partial charge in [-0.1, -0.05) is 42.5 Å². The molecule has 0 amide bonds. The van der Waals surface area contributed by atoms with Crippen molar-refractivity contribution in [1.29, 1.82) is 0 Å². The van der Waals surface area contributed by atoms with Crippen LogP contribution in [-0.4, -0.2) is 18.9 Å². The van der Waals surface area contributed by atoms with Crippen LogP contribution < -0.4 is 10.6 Å². The number of aliphatic imine (C=N–C) groups is 1. The lowest BCUT2D eigenvalue weighted by Crippen LogP contribution is -2.20. The number of amidine groups is 1. The molecule has 1 aliphatic rings. The van der Waals surface area contributed by atoms with Gasteiger partial charge in [-0.05, 0) is 17.7 Å². The first kappa shape index (κ1) is 11.8. The molecule has 0 radical (unpaired) electrons. The van der Waals surface area contributed by atoms with Crippen LogP contribution in [0.15, 0.2) is 59.6 Å². The molecule has 3 rings (SSSR count). The highest BCUT2D eigenvalue weighted by atomic mass is 15.1. The Morgan fingerprint density at radius 2 is 1.79 bits per heavy atom. The average Bonchev–Trinajstić information content (AvgIpc) is 3.01. The van der Waals surface area contributed by atoms with Gasteiger partial charge >= 0.3 is 0 Å². The van der Waals surface area contributed by atoms with Gasteiger partial charge < -0.3 is 10.6 Å². The summed E-state index contributed by atoms with van der Waals surface area (Å²) in [5.41, 5.74) is 3.55. The molecule has 0 atom stereocenters. The van der Waals surface area contributed by atoms with E-state index in [1.807, 2.05) is 18.2 Å². The predicted molar refractivity (Wildman–Crippen MR) is 79.6 cm³/mol. The van der Waals surface area contributed by atoms with Crippen LogP contribution in [0, 0.1) is 0 Å². The molecule has 3 heteroatoms. The van der Waals surface area contributed by atoms with E-state index in [4.69, 9.17) is 0 Å². The first-order chi connectivity index (χ1) is 9.43. The van der Waals surface area contributed by atoms with Gasteiger partial charge in [0.05, 0.1) is 6.54 Å². The molecule has 0 saturated heterocycles. The van der Waals surface area contributed by atoms with Crippen molar-refractivity contribution in [2.75, 3.05) is 18.4 Å². The van der Waals surface area contributed by atoms with Crippen molar-refractivity contribution in [2.45, 2.75) is 6.54 Å². The Morgan fingerprint density at radius 3 is 2.58 bits per heavy atom. The molecule has 0 saturated carbocycles. The van der Waals surface area contributed by atoms with Crippen molar-refractivity contribution in [3.05, 3.63) is 65.7 Å². The molecule has 2 aromatic carbocycles. The quantitative estimate of drug-likeness (QED) is 0.876. The maximum Gasteiger partial charge on any atom is 0.130 e. The first-order valence-corrected chi connectivity index (χ1v) is 6.59. The molecule has 96 valence electrons. The number of benzene rings is 2. The summed E-state index contributed by atoms with van der Waals surface area (Å²) < 4.78 is 0. The third-order valence-electron chi connectivity index (χ3n) is 3.18. The molecule has 0 unspecified atom stereocenters. The highest BCUT2D eigenvalue weighted by Gasteiger charge is 2.11. The van der Waals surface area contributed by atoms with E-state index in [0.29, 0.717) is 0 Å². The monoisotopic (exact) mass is 251 g/mol. The fourth-order valence-corrected chi connectivity index (χ4v) is 2.22. The zero-order valence-electron chi connectivity index (χ0n) is 10.8. The molecule has 0 bridgehead atoms. The molecule has 1 aliphatic heterocycles. The topological polar surface area (TPSA) is 36.4 Å². The van der Waals surface area contributed by atoms with Gasteiger partial charge in [0.2, 0.25) is 0 Å². The maximum atomic E-state index is 4.49. The van der Waals surface area contributed by atoms with E-state index >= 15 is 0 Å². The molecule has 0 aliphatic carbocycles. The molecular formula is C16H17N3. The minimum Gasteiger partial charge on any atom is -0.380 e. The van der Waals surface area contributed by atoms with Crippen LogP contribution >= 0.6 is 0 Å². The molecular weight excluding hydrogens is 234 g/mol. The second-order valence-electron chi connectivity index (χ2n) is 4.54. The van der Waals surface area contributed by atoms with Crippen LogP contribution in [0.4, 0.5) is 5.69 Å². The highest BCUT2D eigenvalue weighted by Crippen LogP contribution is 2.17. The summed E-state index contributed by atoms with van der Waals surface area (Å²) in [6.45, 7) is 2.62. The zero-order valence-corrected chi connectivity index (χ0v) is 10.8. The van der Waals surface area contributed by atoms with Crippen LogP contribution in [0.1, 0.15) is 11.1 Å². The van der Waals surface area contributed by atoms with Crippen molar-refractivity contribution >= 4 is 11.5 Å². The van der Waals surface area contributed by atoms with E-state index in [-0.39, 0.29) is 0 Å². The Balaban J connectivity index is 1.77. The largest absolute Gasteiger partial charge is 0.380 e. The fraction of sp³-hybridized carbons (Fsp3) is 0.188. The Hall–Kier alpha value is -2.29. The minimum absolute atomic E-state index is 0.825. The summed E-state index contributed by atoms with van der Waals surface area (Å²) in [4.78, 5) is 4.49. The molecule has 2 aromatic rings. The van der Waals surface area contributed by atoms with E-state index in [0.717, 1.165) is 36.7 Å². The van der Waals surface area contributed by atoms with E-state index in [1.165, 1.54) is 5.56 Å². The minimum atomic E-state index is 0.825. The lowest BCUT2D eigenvalue weighted by molar-refractivity contribution is 0.960. The molecule has 3 nitrogen and oxygen atoms in total. The molecule has 2 N–H and O–H groups in total. The zero-order chi connectivity index (χ0) is 12.9. The van der Waals surface area contributed by atoms with Crippen molar-refractivity contribution in [2.24, 2.45) is 4.99 Å². The number of rotatable bonds is 4. The van der Waals surface area contributed by atoms with Crippen LogP contribution in [0.2, 0.25) is 0 Å². The summed E-state index contributed by atoms with van der Waals surface area (Å²) in [5.74, 6) is 0.996. The normalized spacial score (nSPS) is 13.8. The fourth-order valence-electron chi connectivity index (χ4n) is 2.22. The van der Waals surface area contributed by atoms with Gasteiger partial charge in [0, 0.05) is 24.3 Å². The average molecular weight is 251 g/mol. The number of hydrogen-bond acceptors (Lipinski definition) is 3. The van der Waals surface area contributed by atoms with Gasteiger partial charge in [0.1, 0.15) is 5.84 Å². The number of nitrogens with zero attached hydrogens (tertiary/aromatic N) is 1. The number of anilines is 1. The van der Waals surface area contributed by atoms with E-state index < -0.39 is 0 Å². The Labute approximate surface area is 113 Å². The smallest absolute Gasteiger partial charge is 0.130 e. The van der Waals surface area contributed by atoms with E-state index in [1.54, 1.807) is 0 Å². The molecule has 1 heterocycles. The third kappa shape index (κ3) is 2.76. The Bertz CT molecular complexity index is 576. The summed E-state index contributed by atoms with van der Waals surface area (Å²) in [5, 5.41) is 6.81. The molecule has 19 heavy (non-hydrogen) atoms. The van der Waals surface area contributed by atoms with Crippen molar-refractivity contribution in [3.8, 4) is 0 Å². The van der Waals surface area contributed by atoms with Gasteiger partial charge in [-0.15, -0.1) is 0 Å². The first-order valence-electron chi connectivity index (χ1n) is 6.59. The second-order valence-corrected chi connectivity index (χ2v) is 4.54. The van der Waals surface area contributed by atoms with Crippen LogP contribution in [0.3, 0.4) is 0 Å². The number of para-hydroxylation sites is 1. The summed E-state index contributed by atoms with van der Waals surface area (Å²) in [6, 6.07) is 18.7. The third-order valence-corrected chi connectivity index (χ3v) is 3.18. The number of nitrogens with one attached hydrogen (secondary N) is 2. The Morgan fingerprint density at radius 1 is 1.00 bits per heavy atom. The van der Waals surface area contributed by atoms with Gasteiger partial charge in [-0.2, -0.15) is 0 Å². The summed E-state index contributed by atoms with van der Waals surface area (Å²) in [6.07, 6.45) is 0. The summed E-state index contributed by atoms with van der Waals surface area (Å²) >= 11 is 0. The van der Waals surface area contributed by atoms with Crippen LogP contribution in [-0.2, 0) is 6.54 Å². The lowest BCUT2D eigenvalue weighted by atomic mass is 10.1. The standard InChI is InChI=1S/C16H17N3/c1-2-6-13(7-3-1)12-19-15-9-5-4-8-14(15)16-17-10-11-18-16/h1-9,19H,10-12H2,(H,17,18). The van der Waals surface area contributed by atoms with Crippen molar-refractivity contribution < 1.29 is 0 Å². The predicted octanol–water partition coefficient (Wildman–Crippen LogP) is 2.65. The van der Waals surface area contributed by atoms with Gasteiger partial charge in [0.25, 0.3) is 0 Å². The highest BCUT2D eigenvalue weighted by molar-refractivity contribution is 6.04. The van der Waals surface area contributed by atoms with Gasteiger partial charge in [-0.25, -0.2) is 0 Å². The SMILES string of the molecule is c1ccc(CNc2ccccc2C2=NCCN2)cc1. The Kier molecular flexibility index (Phi) is 3.45. The molecule has 0 spiro atoms. The lowest BCUT2D eigenvalue weighted by Gasteiger charge is -2.12. The molecule has 0 aromatic heterocycles. The maximum absolute atomic E-state index is 4.49. The van der Waals surface area contributed by atoms with Crippen molar-refractivity contribution in [1.82, 2.24) is 5.32 Å². The van der Waals surface area contributed by atoms with Gasteiger partial charge in [0.15, 0.2) is 0 Å². The van der Waals surface area contributed by atoms with Crippen molar-refractivity contribution in [3.63, 3.8) is 0 Å². The van der Waals surface area contributed by atoms with E-state index in [2.05, 4.69) is 52.0 Å².